The van der Waals surface area contributed by atoms with Gasteiger partial charge in [0, 0.05) is 0 Å². The van der Waals surface area contributed by atoms with E-state index in [1.165, 1.54) is 11.3 Å². The minimum absolute atomic E-state index is 0.232. The zero-order chi connectivity index (χ0) is 24.9. The average Bonchev–Trinajstić information content (AvgIpc) is 3.17. The Hall–Kier alpha value is -3.91. The molecule has 7 nitrogen and oxygen atoms in total. The van der Waals surface area contributed by atoms with E-state index in [2.05, 4.69) is 11.6 Å². The Balaban J connectivity index is 1.86. The van der Waals surface area contributed by atoms with E-state index in [9.17, 15) is 9.59 Å². The fourth-order valence-corrected chi connectivity index (χ4v) is 4.98. The van der Waals surface area contributed by atoms with Gasteiger partial charge >= 0.3 is 5.97 Å². The predicted octanol–water partition coefficient (Wildman–Crippen LogP) is 3.37. The molecule has 4 rings (SSSR count). The molecule has 0 spiro atoms. The van der Waals surface area contributed by atoms with Crippen LogP contribution in [-0.4, -0.2) is 30.9 Å². The SMILES string of the molecule is C=CCOc1ccc(/C=c2\sc3n(c2=O)C(c2ccccc2)C(C(=O)OCC)=C(C)N=3)cc1OC. The number of hydrogen-bond donors (Lipinski definition) is 0. The molecule has 2 heterocycles. The van der Waals surface area contributed by atoms with E-state index in [1.54, 1.807) is 49.8 Å². The van der Waals surface area contributed by atoms with Crippen LogP contribution in [0.3, 0.4) is 0 Å². The van der Waals surface area contributed by atoms with Crippen LogP contribution in [0.25, 0.3) is 6.08 Å². The van der Waals surface area contributed by atoms with E-state index in [0.717, 1.165) is 11.1 Å². The fourth-order valence-electron chi connectivity index (χ4n) is 3.94. The van der Waals surface area contributed by atoms with Crippen LogP contribution in [0.4, 0.5) is 0 Å². The van der Waals surface area contributed by atoms with Gasteiger partial charge in [0.2, 0.25) is 0 Å². The van der Waals surface area contributed by atoms with Crippen molar-refractivity contribution in [2.45, 2.75) is 19.9 Å². The molecule has 1 aliphatic heterocycles. The number of hydrogen-bond acceptors (Lipinski definition) is 7. The summed E-state index contributed by atoms with van der Waals surface area (Å²) < 4.78 is 18.4. The second kappa shape index (κ2) is 10.6. The minimum atomic E-state index is -0.627. The third kappa shape index (κ3) is 4.83. The van der Waals surface area contributed by atoms with Gasteiger partial charge in [0.05, 0.1) is 35.6 Å². The number of allylic oxidation sites excluding steroid dienone is 1. The van der Waals surface area contributed by atoms with Gasteiger partial charge in [-0.15, -0.1) is 0 Å². The highest BCUT2D eigenvalue weighted by Gasteiger charge is 2.33. The van der Waals surface area contributed by atoms with E-state index in [-0.39, 0.29) is 12.2 Å². The zero-order valence-corrected chi connectivity index (χ0v) is 20.6. The summed E-state index contributed by atoms with van der Waals surface area (Å²) in [7, 11) is 1.56. The summed E-state index contributed by atoms with van der Waals surface area (Å²) in [5.74, 6) is 0.664. The lowest BCUT2D eigenvalue weighted by Gasteiger charge is -2.24. The lowest BCUT2D eigenvalue weighted by molar-refractivity contribution is -0.139. The molecule has 1 aliphatic rings. The van der Waals surface area contributed by atoms with Crippen LogP contribution in [0, 0.1) is 0 Å². The zero-order valence-electron chi connectivity index (χ0n) is 19.8. The van der Waals surface area contributed by atoms with Crippen LogP contribution in [0.5, 0.6) is 11.5 Å². The number of esters is 1. The molecule has 0 amide bonds. The van der Waals surface area contributed by atoms with Crippen molar-refractivity contribution < 1.29 is 19.0 Å². The van der Waals surface area contributed by atoms with Crippen LogP contribution in [-0.2, 0) is 9.53 Å². The van der Waals surface area contributed by atoms with Crippen molar-refractivity contribution in [3.05, 3.63) is 103 Å². The number of thiazole rings is 1. The molecule has 1 unspecified atom stereocenters. The van der Waals surface area contributed by atoms with Gasteiger partial charge in [0.1, 0.15) is 6.61 Å². The summed E-state index contributed by atoms with van der Waals surface area (Å²) in [5, 5.41) is 0. The lowest BCUT2D eigenvalue weighted by Crippen LogP contribution is -2.39. The first-order valence-corrected chi connectivity index (χ1v) is 12.0. The standard InChI is InChI=1S/C27H26N2O5S/c1-5-14-34-20-13-12-18(15-21(20)32-4)16-22-25(30)29-24(19-10-8-7-9-11-19)23(26(31)33-6-2)17(3)28-27(29)35-22/h5,7-13,15-16,24H,1,6,14H2,2-4H3/b22-16-. The summed E-state index contributed by atoms with van der Waals surface area (Å²) in [6.07, 6.45) is 3.44. The number of carbonyl (C=O) groups is 1. The number of rotatable bonds is 8. The molecule has 35 heavy (non-hydrogen) atoms. The summed E-state index contributed by atoms with van der Waals surface area (Å²) in [5.41, 5.74) is 2.25. The van der Waals surface area contributed by atoms with Gasteiger partial charge in [-0.25, -0.2) is 9.79 Å². The van der Waals surface area contributed by atoms with Crippen molar-refractivity contribution >= 4 is 23.4 Å². The molecule has 0 saturated heterocycles. The van der Waals surface area contributed by atoms with Gasteiger partial charge in [-0.1, -0.05) is 60.4 Å². The maximum atomic E-state index is 13.6. The number of carbonyl (C=O) groups excluding carboxylic acids is 1. The van der Waals surface area contributed by atoms with Crippen LogP contribution in [0.2, 0.25) is 0 Å². The van der Waals surface area contributed by atoms with E-state index in [0.29, 0.717) is 38.7 Å². The third-order valence-electron chi connectivity index (χ3n) is 5.47. The first-order valence-electron chi connectivity index (χ1n) is 11.1. The Bertz CT molecular complexity index is 1470. The monoisotopic (exact) mass is 490 g/mol. The second-order valence-corrected chi connectivity index (χ2v) is 8.73. The van der Waals surface area contributed by atoms with E-state index < -0.39 is 12.0 Å². The largest absolute Gasteiger partial charge is 0.493 e. The highest BCUT2D eigenvalue weighted by atomic mass is 32.1. The molecule has 0 bridgehead atoms. The molecule has 1 atom stereocenters. The summed E-state index contributed by atoms with van der Waals surface area (Å²) in [4.78, 5) is 31.7. The van der Waals surface area contributed by atoms with Crippen molar-refractivity contribution in [1.82, 2.24) is 4.57 Å². The topological polar surface area (TPSA) is 79.1 Å². The maximum absolute atomic E-state index is 13.6. The first-order chi connectivity index (χ1) is 17.0. The molecule has 1 aromatic heterocycles. The minimum Gasteiger partial charge on any atom is -0.493 e. The van der Waals surface area contributed by atoms with E-state index in [4.69, 9.17) is 14.2 Å². The van der Waals surface area contributed by atoms with Gasteiger partial charge in [-0.2, -0.15) is 0 Å². The quantitative estimate of drug-likeness (QED) is 0.357. The van der Waals surface area contributed by atoms with Gasteiger partial charge in [0.25, 0.3) is 5.56 Å². The molecule has 180 valence electrons. The fraction of sp³-hybridized carbons (Fsp3) is 0.222. The Labute approximate surface area is 206 Å². The Morgan fingerprint density at radius 3 is 2.66 bits per heavy atom. The smallest absolute Gasteiger partial charge is 0.338 e. The summed E-state index contributed by atoms with van der Waals surface area (Å²) in [6, 6.07) is 14.3. The normalized spacial score (nSPS) is 15.3. The average molecular weight is 491 g/mol. The number of ether oxygens (including phenoxy) is 3. The van der Waals surface area contributed by atoms with Crippen LogP contribution >= 0.6 is 11.3 Å². The molecule has 0 saturated carbocycles. The number of methoxy groups -OCH3 is 1. The number of benzene rings is 2. The first kappa shape index (κ1) is 24.2. The van der Waals surface area contributed by atoms with Crippen molar-refractivity contribution in [2.24, 2.45) is 4.99 Å². The van der Waals surface area contributed by atoms with Gasteiger partial charge < -0.3 is 14.2 Å². The van der Waals surface area contributed by atoms with Crippen molar-refractivity contribution in [1.29, 1.82) is 0 Å². The predicted molar refractivity (Wildman–Crippen MR) is 136 cm³/mol. The maximum Gasteiger partial charge on any atom is 0.338 e. The van der Waals surface area contributed by atoms with E-state index >= 15 is 0 Å². The number of nitrogens with zero attached hydrogens (tertiary/aromatic N) is 2. The molecular weight excluding hydrogens is 464 g/mol. The lowest BCUT2D eigenvalue weighted by atomic mass is 9.96. The molecule has 0 aliphatic carbocycles. The molecule has 0 N–H and O–H groups in total. The van der Waals surface area contributed by atoms with Crippen molar-refractivity contribution in [2.75, 3.05) is 20.3 Å². The van der Waals surface area contributed by atoms with E-state index in [1.807, 2.05) is 36.4 Å². The number of aromatic nitrogens is 1. The molecular formula is C27H26N2O5S. The molecule has 0 fully saturated rings. The van der Waals surface area contributed by atoms with Crippen LogP contribution in [0.15, 0.2) is 82.2 Å². The van der Waals surface area contributed by atoms with Gasteiger partial charge in [-0.3, -0.25) is 9.36 Å². The Morgan fingerprint density at radius 1 is 1.20 bits per heavy atom. The third-order valence-corrected chi connectivity index (χ3v) is 6.46. The summed E-state index contributed by atoms with van der Waals surface area (Å²) >= 11 is 1.27. The Morgan fingerprint density at radius 2 is 1.97 bits per heavy atom. The van der Waals surface area contributed by atoms with Crippen LogP contribution < -0.4 is 24.4 Å². The highest BCUT2D eigenvalue weighted by Crippen LogP contribution is 2.31. The molecule has 2 aromatic carbocycles. The molecule has 0 radical (unpaired) electrons. The van der Waals surface area contributed by atoms with Crippen molar-refractivity contribution in [3.8, 4) is 11.5 Å². The van der Waals surface area contributed by atoms with Gasteiger partial charge in [0.15, 0.2) is 16.3 Å². The van der Waals surface area contributed by atoms with Crippen LogP contribution in [0.1, 0.15) is 31.0 Å². The summed E-state index contributed by atoms with van der Waals surface area (Å²) in [6.45, 7) is 7.77. The Kier molecular flexibility index (Phi) is 7.31. The highest BCUT2D eigenvalue weighted by molar-refractivity contribution is 7.07. The number of fused-ring (bicyclic) bond motifs is 1. The second-order valence-electron chi connectivity index (χ2n) is 7.72. The molecule has 3 aromatic rings. The van der Waals surface area contributed by atoms with Crippen molar-refractivity contribution in [3.63, 3.8) is 0 Å². The van der Waals surface area contributed by atoms with Gasteiger partial charge in [-0.05, 0) is 43.2 Å². The molecule has 8 heteroatoms.